The number of benzene rings is 3. The molecule has 3 rings (SSSR count). The predicted octanol–water partition coefficient (Wildman–Crippen LogP) is 7.44. The van der Waals surface area contributed by atoms with Crippen LogP contribution in [-0.2, 0) is 6.42 Å². The van der Waals surface area contributed by atoms with Crippen LogP contribution in [0.5, 0.6) is 0 Å². The van der Waals surface area contributed by atoms with Crippen LogP contribution in [0.15, 0.2) is 79.4 Å². The molecule has 0 fully saturated rings. The molecule has 0 atom stereocenters. The number of unbranched alkanes of at least 4 members (excludes halogenated alkanes) is 2. The zero-order valence-corrected chi connectivity index (χ0v) is 16.5. The van der Waals surface area contributed by atoms with Gasteiger partial charge >= 0.3 is 0 Å². The van der Waals surface area contributed by atoms with E-state index in [-0.39, 0.29) is 5.02 Å². The van der Waals surface area contributed by atoms with Crippen molar-refractivity contribution in [1.29, 1.82) is 0 Å². The molecule has 140 valence electrons. The Morgan fingerprint density at radius 2 is 1.43 bits per heavy atom. The summed E-state index contributed by atoms with van der Waals surface area (Å²) in [6.45, 7) is 3.75. The summed E-state index contributed by atoms with van der Waals surface area (Å²) in [6.07, 6.45) is 6.51. The Morgan fingerprint density at radius 1 is 0.821 bits per heavy atom. The maximum Gasteiger partial charge on any atom is 0.142 e. The van der Waals surface area contributed by atoms with Crippen molar-refractivity contribution in [2.24, 2.45) is 0 Å². The van der Waals surface area contributed by atoms with Gasteiger partial charge in [0.05, 0.1) is 5.02 Å². The lowest BCUT2D eigenvalue weighted by molar-refractivity contribution is 0.629. The first-order chi connectivity index (χ1) is 13.7. The van der Waals surface area contributed by atoms with Crippen LogP contribution in [0, 0.1) is 17.7 Å². The Kier molecular flexibility index (Phi) is 7.06. The molecule has 0 aromatic heterocycles. The van der Waals surface area contributed by atoms with Crippen molar-refractivity contribution in [3.05, 3.63) is 107 Å². The van der Waals surface area contributed by atoms with E-state index in [1.54, 1.807) is 6.07 Å². The number of allylic oxidation sites excluding steroid dienone is 1. The van der Waals surface area contributed by atoms with E-state index in [0.717, 1.165) is 35.1 Å². The zero-order chi connectivity index (χ0) is 19.8. The molecule has 0 aliphatic carbocycles. The summed E-state index contributed by atoms with van der Waals surface area (Å²) in [7, 11) is 0. The second-order valence-corrected chi connectivity index (χ2v) is 7.09. The van der Waals surface area contributed by atoms with Crippen LogP contribution in [0.25, 0.3) is 11.1 Å². The third kappa shape index (κ3) is 5.59. The van der Waals surface area contributed by atoms with Crippen LogP contribution in [0.2, 0.25) is 5.02 Å². The van der Waals surface area contributed by atoms with Gasteiger partial charge in [-0.25, -0.2) is 4.39 Å². The van der Waals surface area contributed by atoms with Crippen molar-refractivity contribution in [3.63, 3.8) is 0 Å². The van der Waals surface area contributed by atoms with Crippen molar-refractivity contribution in [2.75, 3.05) is 0 Å². The molecular weight excluding hydrogens is 367 g/mol. The first-order valence-electron chi connectivity index (χ1n) is 9.43. The van der Waals surface area contributed by atoms with Gasteiger partial charge in [-0.1, -0.05) is 59.8 Å². The van der Waals surface area contributed by atoms with E-state index in [0.29, 0.717) is 0 Å². The molecule has 3 aromatic carbocycles. The molecule has 0 amide bonds. The molecule has 0 aliphatic rings. The average molecular weight is 389 g/mol. The van der Waals surface area contributed by atoms with E-state index in [1.807, 2.05) is 36.4 Å². The summed E-state index contributed by atoms with van der Waals surface area (Å²) in [5.74, 6) is 5.97. The fraction of sp³-hybridized carbons (Fsp3) is 0.154. The normalized spacial score (nSPS) is 10.2. The molecule has 0 nitrogen and oxygen atoms in total. The number of hydrogen-bond donors (Lipinski definition) is 0. The highest BCUT2D eigenvalue weighted by Crippen LogP contribution is 2.24. The van der Waals surface area contributed by atoms with E-state index < -0.39 is 5.82 Å². The second-order valence-electron chi connectivity index (χ2n) is 6.69. The lowest BCUT2D eigenvalue weighted by Crippen LogP contribution is -1.86. The first-order valence-corrected chi connectivity index (χ1v) is 9.81. The van der Waals surface area contributed by atoms with Gasteiger partial charge in [0, 0.05) is 11.1 Å². The number of halogens is 2. The minimum atomic E-state index is -0.410. The second kappa shape index (κ2) is 9.93. The van der Waals surface area contributed by atoms with E-state index in [1.165, 1.54) is 24.5 Å². The summed E-state index contributed by atoms with van der Waals surface area (Å²) in [5, 5.41) is 0.133. The topological polar surface area (TPSA) is 0 Å². The van der Waals surface area contributed by atoms with E-state index in [4.69, 9.17) is 11.6 Å². The van der Waals surface area contributed by atoms with Crippen LogP contribution in [-0.4, -0.2) is 0 Å². The number of hydrogen-bond acceptors (Lipinski definition) is 0. The van der Waals surface area contributed by atoms with Crippen molar-refractivity contribution in [3.8, 4) is 23.0 Å². The lowest BCUT2D eigenvalue weighted by atomic mass is 10.0. The van der Waals surface area contributed by atoms with E-state index in [9.17, 15) is 4.39 Å². The third-order valence-corrected chi connectivity index (χ3v) is 4.87. The third-order valence-electron chi connectivity index (χ3n) is 4.57. The molecule has 2 heteroatoms. The van der Waals surface area contributed by atoms with Crippen molar-refractivity contribution < 1.29 is 4.39 Å². The molecule has 0 spiro atoms. The molecule has 0 bridgehead atoms. The number of aryl methyl sites for hydroxylation is 1. The lowest BCUT2D eigenvalue weighted by Gasteiger charge is -2.03. The fourth-order valence-corrected chi connectivity index (χ4v) is 3.06. The zero-order valence-electron chi connectivity index (χ0n) is 15.7. The molecule has 0 N–H and O–H groups in total. The van der Waals surface area contributed by atoms with Gasteiger partial charge in [-0.2, -0.15) is 0 Å². The molecular formula is C26H22ClF. The standard InChI is InChI=1S/C26H22ClF/c1-2-3-4-5-6-20-7-9-21(10-8-20)11-12-22-13-15-23(16-14-22)24-17-18-25(27)26(28)19-24/h2,7-10,13-19H,1,3-6H2. The van der Waals surface area contributed by atoms with Gasteiger partial charge in [0.2, 0.25) is 0 Å². The Balaban J connectivity index is 1.63. The van der Waals surface area contributed by atoms with Crippen LogP contribution < -0.4 is 0 Å². The van der Waals surface area contributed by atoms with Crippen molar-refractivity contribution in [1.82, 2.24) is 0 Å². The Hall–Kier alpha value is -2.82. The van der Waals surface area contributed by atoms with Crippen molar-refractivity contribution in [2.45, 2.75) is 25.7 Å². The van der Waals surface area contributed by atoms with Crippen LogP contribution in [0.1, 0.15) is 36.0 Å². The molecule has 0 saturated heterocycles. The van der Waals surface area contributed by atoms with E-state index in [2.05, 4.69) is 42.7 Å². The average Bonchev–Trinajstić information content (AvgIpc) is 2.73. The Bertz CT molecular complexity index is 989. The quantitative estimate of drug-likeness (QED) is 0.234. The number of rotatable bonds is 6. The van der Waals surface area contributed by atoms with E-state index >= 15 is 0 Å². The largest absolute Gasteiger partial charge is 0.205 e. The molecule has 28 heavy (non-hydrogen) atoms. The summed E-state index contributed by atoms with van der Waals surface area (Å²) in [6, 6.07) is 21.0. The van der Waals surface area contributed by atoms with Gasteiger partial charge in [0.25, 0.3) is 0 Å². The van der Waals surface area contributed by atoms with Crippen LogP contribution in [0.4, 0.5) is 4.39 Å². The van der Waals surface area contributed by atoms with Gasteiger partial charge < -0.3 is 0 Å². The highest BCUT2D eigenvalue weighted by atomic mass is 35.5. The molecule has 0 aliphatic heterocycles. The maximum atomic E-state index is 13.6. The Morgan fingerprint density at radius 3 is 2.04 bits per heavy atom. The molecule has 0 heterocycles. The predicted molar refractivity (Wildman–Crippen MR) is 117 cm³/mol. The maximum absolute atomic E-state index is 13.6. The van der Waals surface area contributed by atoms with Crippen LogP contribution in [0.3, 0.4) is 0 Å². The highest BCUT2D eigenvalue weighted by Gasteiger charge is 2.03. The van der Waals surface area contributed by atoms with Crippen molar-refractivity contribution >= 4 is 11.6 Å². The molecule has 0 unspecified atom stereocenters. The minimum absolute atomic E-state index is 0.133. The van der Waals surface area contributed by atoms with Gasteiger partial charge in [0.1, 0.15) is 5.82 Å². The SMILES string of the molecule is C=CCCCCc1ccc(C#Cc2ccc(-c3ccc(Cl)c(F)c3)cc2)cc1. The molecule has 0 saturated carbocycles. The van der Waals surface area contributed by atoms with Gasteiger partial charge in [0.15, 0.2) is 0 Å². The van der Waals surface area contributed by atoms with Crippen LogP contribution >= 0.6 is 11.6 Å². The Labute approximate surface area is 171 Å². The summed E-state index contributed by atoms with van der Waals surface area (Å²) in [5.41, 5.74) is 4.99. The van der Waals surface area contributed by atoms with Gasteiger partial charge in [-0.15, -0.1) is 6.58 Å². The summed E-state index contributed by atoms with van der Waals surface area (Å²) < 4.78 is 13.6. The first kappa shape index (κ1) is 19.9. The van der Waals surface area contributed by atoms with Gasteiger partial charge in [-0.3, -0.25) is 0 Å². The molecule has 3 aromatic rings. The minimum Gasteiger partial charge on any atom is -0.205 e. The van der Waals surface area contributed by atoms with Gasteiger partial charge in [-0.05, 0) is 78.8 Å². The smallest absolute Gasteiger partial charge is 0.142 e. The summed E-state index contributed by atoms with van der Waals surface area (Å²) >= 11 is 5.74. The molecule has 0 radical (unpaired) electrons. The monoisotopic (exact) mass is 388 g/mol. The summed E-state index contributed by atoms with van der Waals surface area (Å²) in [4.78, 5) is 0. The fourth-order valence-electron chi connectivity index (χ4n) is 2.94. The highest BCUT2D eigenvalue weighted by molar-refractivity contribution is 6.30.